The maximum atomic E-state index is 13.6. The number of hydrogen-bond donors (Lipinski definition) is 2. The number of rotatable bonds is 9. The fourth-order valence-electron chi connectivity index (χ4n) is 3.45. The highest BCUT2D eigenvalue weighted by atomic mass is 19.4. The van der Waals surface area contributed by atoms with Gasteiger partial charge in [0.15, 0.2) is 0 Å². The Hall–Kier alpha value is -3.09. The van der Waals surface area contributed by atoms with E-state index in [9.17, 15) is 13.2 Å². The molecule has 0 aliphatic heterocycles. The average molecular weight is 443 g/mol. The first-order chi connectivity index (χ1) is 15.3. The van der Waals surface area contributed by atoms with Crippen LogP contribution in [0.5, 0.6) is 0 Å². The summed E-state index contributed by atoms with van der Waals surface area (Å²) >= 11 is 0. The molecule has 0 saturated heterocycles. The van der Waals surface area contributed by atoms with Gasteiger partial charge in [-0.2, -0.15) is 18.2 Å². The summed E-state index contributed by atoms with van der Waals surface area (Å²) in [7, 11) is 0. The van der Waals surface area contributed by atoms with Gasteiger partial charge in [0.1, 0.15) is 11.4 Å². The van der Waals surface area contributed by atoms with E-state index in [-0.39, 0.29) is 17.7 Å². The molecule has 170 valence electrons. The number of aromatic nitrogens is 2. The van der Waals surface area contributed by atoms with Gasteiger partial charge in [-0.25, -0.2) is 4.98 Å². The van der Waals surface area contributed by atoms with Crippen LogP contribution in [0.25, 0.3) is 0 Å². The van der Waals surface area contributed by atoms with E-state index >= 15 is 0 Å². The summed E-state index contributed by atoms with van der Waals surface area (Å²) in [6.45, 7) is 6.15. The van der Waals surface area contributed by atoms with E-state index in [1.54, 1.807) is 12.1 Å². The number of aryl methyl sites for hydroxylation is 1. The topological polar surface area (TPSA) is 49.8 Å². The first kappa shape index (κ1) is 23.6. The van der Waals surface area contributed by atoms with Gasteiger partial charge in [-0.1, -0.05) is 63.9 Å². The number of unbranched alkanes of at least 4 members (excludes halogenated alkanes) is 2. The smallest absolute Gasteiger partial charge is 0.339 e. The van der Waals surface area contributed by atoms with Crippen LogP contribution in [-0.4, -0.2) is 9.97 Å². The largest absolute Gasteiger partial charge is 0.421 e. The second kappa shape index (κ2) is 10.5. The van der Waals surface area contributed by atoms with Gasteiger partial charge in [-0.05, 0) is 48.1 Å². The molecule has 0 aliphatic carbocycles. The van der Waals surface area contributed by atoms with E-state index in [0.717, 1.165) is 30.3 Å². The van der Waals surface area contributed by atoms with Crippen LogP contribution in [0.1, 0.15) is 62.6 Å². The van der Waals surface area contributed by atoms with Gasteiger partial charge in [0, 0.05) is 17.6 Å². The summed E-state index contributed by atoms with van der Waals surface area (Å²) in [5.74, 6) is -0.0381. The van der Waals surface area contributed by atoms with Gasteiger partial charge in [0.05, 0.1) is 0 Å². The predicted octanol–water partition coefficient (Wildman–Crippen LogP) is 7.84. The molecule has 1 heterocycles. The molecule has 0 saturated carbocycles. The Balaban J connectivity index is 1.85. The average Bonchev–Trinajstić information content (AvgIpc) is 2.75. The zero-order valence-electron chi connectivity index (χ0n) is 18.6. The SMILES string of the molecule is CCCCCc1ccc(Nc2ncc(C(F)(F)F)c(Nc3ccccc3C(C)C)n2)cc1. The molecule has 1 aromatic heterocycles. The molecule has 0 amide bonds. The highest BCUT2D eigenvalue weighted by Crippen LogP contribution is 2.36. The van der Waals surface area contributed by atoms with Gasteiger partial charge >= 0.3 is 6.18 Å². The first-order valence-corrected chi connectivity index (χ1v) is 10.9. The summed E-state index contributed by atoms with van der Waals surface area (Å²) in [6.07, 6.45) is 0.743. The second-order valence-corrected chi connectivity index (χ2v) is 8.10. The van der Waals surface area contributed by atoms with Crippen LogP contribution in [0.4, 0.5) is 36.3 Å². The number of benzene rings is 2. The lowest BCUT2D eigenvalue weighted by molar-refractivity contribution is -0.137. The Morgan fingerprint density at radius 3 is 2.31 bits per heavy atom. The number of nitrogens with one attached hydrogen (secondary N) is 2. The van der Waals surface area contributed by atoms with Crippen molar-refractivity contribution < 1.29 is 13.2 Å². The maximum Gasteiger partial charge on any atom is 0.421 e. The summed E-state index contributed by atoms with van der Waals surface area (Å²) in [5, 5.41) is 5.89. The lowest BCUT2D eigenvalue weighted by atomic mass is 10.0. The lowest BCUT2D eigenvalue weighted by Gasteiger charge is -2.18. The molecular formula is C25H29F3N4. The van der Waals surface area contributed by atoms with E-state index in [1.807, 2.05) is 50.2 Å². The quantitative estimate of drug-likeness (QED) is 0.331. The van der Waals surface area contributed by atoms with Gasteiger partial charge in [-0.15, -0.1) is 0 Å². The van der Waals surface area contributed by atoms with Crippen molar-refractivity contribution in [2.45, 2.75) is 58.5 Å². The predicted molar refractivity (Wildman–Crippen MR) is 124 cm³/mol. The van der Waals surface area contributed by atoms with Crippen molar-refractivity contribution in [3.8, 4) is 0 Å². The Morgan fingerprint density at radius 2 is 1.66 bits per heavy atom. The van der Waals surface area contributed by atoms with Crippen LogP contribution >= 0.6 is 0 Å². The number of anilines is 4. The van der Waals surface area contributed by atoms with Crippen LogP contribution in [0, 0.1) is 0 Å². The van der Waals surface area contributed by atoms with Crippen molar-refractivity contribution in [3.05, 3.63) is 71.4 Å². The Bertz CT molecular complexity index is 1010. The lowest BCUT2D eigenvalue weighted by Crippen LogP contribution is -2.13. The molecule has 2 aromatic carbocycles. The van der Waals surface area contributed by atoms with Gasteiger partial charge in [0.2, 0.25) is 5.95 Å². The number of nitrogens with zero attached hydrogens (tertiary/aromatic N) is 2. The number of halogens is 3. The second-order valence-electron chi connectivity index (χ2n) is 8.10. The van der Waals surface area contributed by atoms with Crippen molar-refractivity contribution in [2.75, 3.05) is 10.6 Å². The number of para-hydroxylation sites is 1. The van der Waals surface area contributed by atoms with Crippen molar-refractivity contribution >= 4 is 23.1 Å². The minimum Gasteiger partial charge on any atom is -0.339 e. The van der Waals surface area contributed by atoms with Crippen molar-refractivity contribution in [1.29, 1.82) is 0 Å². The molecule has 7 heteroatoms. The van der Waals surface area contributed by atoms with Gasteiger partial charge in [-0.3, -0.25) is 0 Å². The molecule has 0 bridgehead atoms. The monoisotopic (exact) mass is 442 g/mol. The third-order valence-electron chi connectivity index (χ3n) is 5.21. The van der Waals surface area contributed by atoms with Crippen LogP contribution in [0.15, 0.2) is 54.7 Å². The van der Waals surface area contributed by atoms with E-state index in [0.29, 0.717) is 5.69 Å². The van der Waals surface area contributed by atoms with Crippen LogP contribution in [0.2, 0.25) is 0 Å². The molecule has 0 fully saturated rings. The molecule has 0 aliphatic rings. The van der Waals surface area contributed by atoms with E-state index < -0.39 is 11.7 Å². The number of hydrogen-bond acceptors (Lipinski definition) is 4. The van der Waals surface area contributed by atoms with Crippen molar-refractivity contribution in [1.82, 2.24) is 9.97 Å². The Kier molecular flexibility index (Phi) is 7.72. The van der Waals surface area contributed by atoms with E-state index in [2.05, 4.69) is 27.5 Å². The first-order valence-electron chi connectivity index (χ1n) is 10.9. The van der Waals surface area contributed by atoms with E-state index in [4.69, 9.17) is 0 Å². The number of alkyl halides is 3. The molecule has 2 N–H and O–H groups in total. The molecule has 0 unspecified atom stereocenters. The summed E-state index contributed by atoms with van der Waals surface area (Å²) in [4.78, 5) is 8.06. The third-order valence-corrected chi connectivity index (χ3v) is 5.21. The maximum absolute atomic E-state index is 13.6. The molecule has 3 rings (SSSR count). The molecule has 0 radical (unpaired) electrons. The fourth-order valence-corrected chi connectivity index (χ4v) is 3.45. The van der Waals surface area contributed by atoms with Gasteiger partial charge in [0.25, 0.3) is 0 Å². The minimum atomic E-state index is -4.58. The Labute approximate surface area is 187 Å². The molecule has 32 heavy (non-hydrogen) atoms. The Morgan fingerprint density at radius 1 is 0.938 bits per heavy atom. The highest BCUT2D eigenvalue weighted by molar-refractivity contribution is 5.66. The molecule has 0 atom stereocenters. The van der Waals surface area contributed by atoms with Crippen LogP contribution in [-0.2, 0) is 12.6 Å². The third kappa shape index (κ3) is 6.22. The summed E-state index contributed by atoms with van der Waals surface area (Å²) < 4.78 is 40.8. The zero-order valence-corrected chi connectivity index (χ0v) is 18.6. The summed E-state index contributed by atoms with van der Waals surface area (Å²) in [5.41, 5.74) is 2.54. The molecule has 0 spiro atoms. The van der Waals surface area contributed by atoms with Crippen LogP contribution in [0.3, 0.4) is 0 Å². The minimum absolute atomic E-state index is 0.0984. The standard InChI is InChI=1S/C25H29F3N4/c1-4-5-6-9-18-12-14-19(15-13-18)30-24-29-16-21(25(26,27)28)23(32-24)31-22-11-8-7-10-20(22)17(2)3/h7-8,10-17H,4-6,9H2,1-3H3,(H2,29,30,31,32). The van der Waals surface area contributed by atoms with Gasteiger partial charge < -0.3 is 10.6 Å². The van der Waals surface area contributed by atoms with Crippen molar-refractivity contribution in [2.24, 2.45) is 0 Å². The molecule has 3 aromatic rings. The summed E-state index contributed by atoms with van der Waals surface area (Å²) in [6, 6.07) is 15.1. The van der Waals surface area contributed by atoms with E-state index in [1.165, 1.54) is 18.4 Å². The fraction of sp³-hybridized carbons (Fsp3) is 0.360. The van der Waals surface area contributed by atoms with Crippen molar-refractivity contribution in [3.63, 3.8) is 0 Å². The molecular weight excluding hydrogens is 413 g/mol. The van der Waals surface area contributed by atoms with Crippen LogP contribution < -0.4 is 10.6 Å². The normalized spacial score (nSPS) is 11.6. The highest BCUT2D eigenvalue weighted by Gasteiger charge is 2.35. The molecule has 4 nitrogen and oxygen atoms in total. The zero-order chi connectivity index (χ0) is 23.1.